The average Bonchev–Trinajstić information content (AvgIpc) is 2.49. The van der Waals surface area contributed by atoms with Crippen LogP contribution in [0.3, 0.4) is 0 Å². The minimum absolute atomic E-state index is 0.108. The summed E-state index contributed by atoms with van der Waals surface area (Å²) < 4.78 is 37.5. The Kier molecular flexibility index (Phi) is 4.69. The normalized spacial score (nSPS) is 16.3. The smallest absolute Gasteiger partial charge is 0.364 e. The molecule has 1 aliphatic carbocycles. The molecule has 1 aromatic heterocycles. The first-order chi connectivity index (χ1) is 11.8. The van der Waals surface area contributed by atoms with Gasteiger partial charge in [0.25, 0.3) is 5.56 Å². The molecule has 0 saturated heterocycles. The van der Waals surface area contributed by atoms with Crippen LogP contribution >= 0.6 is 0 Å². The summed E-state index contributed by atoms with van der Waals surface area (Å²) in [7, 11) is 0. The van der Waals surface area contributed by atoms with Crippen molar-refractivity contribution in [3.63, 3.8) is 0 Å². The van der Waals surface area contributed by atoms with Crippen LogP contribution < -0.4 is 16.6 Å². The van der Waals surface area contributed by atoms with Gasteiger partial charge in [-0.1, -0.05) is 36.8 Å². The number of nitrogens with one attached hydrogen (secondary N) is 2. The number of nitrogens with zero attached hydrogens (tertiary/aromatic N) is 1. The van der Waals surface area contributed by atoms with Gasteiger partial charge in [0.2, 0.25) is 0 Å². The topological polar surface area (TPSA) is 66.9 Å². The predicted molar refractivity (Wildman–Crippen MR) is 87.5 cm³/mol. The van der Waals surface area contributed by atoms with Crippen LogP contribution in [0, 0.1) is 5.92 Å². The molecule has 1 fully saturated rings. The van der Waals surface area contributed by atoms with Crippen molar-refractivity contribution in [1.29, 1.82) is 0 Å². The maximum Gasteiger partial charge on any atom is 0.406 e. The Morgan fingerprint density at radius 2 is 1.88 bits per heavy atom. The van der Waals surface area contributed by atoms with Crippen LogP contribution in [0.5, 0.6) is 0 Å². The van der Waals surface area contributed by atoms with Gasteiger partial charge in [-0.2, -0.15) is 13.2 Å². The monoisotopic (exact) mass is 353 g/mol. The molecule has 0 radical (unpaired) electrons. The third-order valence-electron chi connectivity index (χ3n) is 4.45. The van der Waals surface area contributed by atoms with E-state index in [1.807, 2.05) is 30.3 Å². The van der Waals surface area contributed by atoms with Crippen molar-refractivity contribution in [3.05, 3.63) is 62.8 Å². The van der Waals surface area contributed by atoms with Gasteiger partial charge in [-0.25, -0.2) is 4.79 Å². The van der Waals surface area contributed by atoms with E-state index in [9.17, 15) is 22.8 Å². The first kappa shape index (κ1) is 17.3. The van der Waals surface area contributed by atoms with Crippen LogP contribution in [0.2, 0.25) is 0 Å². The number of hydrogen-bond donors (Lipinski definition) is 2. The van der Waals surface area contributed by atoms with E-state index < -0.39 is 24.0 Å². The van der Waals surface area contributed by atoms with Gasteiger partial charge in [0.15, 0.2) is 0 Å². The van der Waals surface area contributed by atoms with Crippen LogP contribution in [0.15, 0.2) is 46.0 Å². The fourth-order valence-corrected chi connectivity index (χ4v) is 3.00. The third-order valence-corrected chi connectivity index (χ3v) is 4.45. The fraction of sp³-hybridized carbons (Fsp3) is 0.412. The van der Waals surface area contributed by atoms with Crippen molar-refractivity contribution in [2.75, 3.05) is 5.32 Å². The largest absolute Gasteiger partial charge is 0.406 e. The Bertz CT molecular complexity index is 807. The molecule has 0 spiro atoms. The lowest BCUT2D eigenvalue weighted by Crippen LogP contribution is -2.40. The molecule has 8 heteroatoms. The van der Waals surface area contributed by atoms with E-state index >= 15 is 0 Å². The number of anilines is 1. The first-order valence-corrected chi connectivity index (χ1v) is 8.06. The molecule has 0 amide bonds. The van der Waals surface area contributed by atoms with Crippen molar-refractivity contribution >= 4 is 5.82 Å². The predicted octanol–water partition coefficient (Wildman–Crippen LogP) is 3.05. The highest BCUT2D eigenvalue weighted by Gasteiger charge is 2.31. The SMILES string of the molecule is O=c1cc(N[C@H](c2ccccc2)C2CCC2)[nH]c(=O)n1CC(F)(F)F. The second-order valence-electron chi connectivity index (χ2n) is 6.25. The molecule has 5 nitrogen and oxygen atoms in total. The maximum absolute atomic E-state index is 12.5. The highest BCUT2D eigenvalue weighted by Crippen LogP contribution is 2.39. The third kappa shape index (κ3) is 4.12. The van der Waals surface area contributed by atoms with Gasteiger partial charge < -0.3 is 5.32 Å². The molecule has 1 aliphatic rings. The molecule has 0 unspecified atom stereocenters. The summed E-state index contributed by atoms with van der Waals surface area (Å²) in [5.41, 5.74) is -1.05. The van der Waals surface area contributed by atoms with Crippen molar-refractivity contribution in [3.8, 4) is 0 Å². The van der Waals surface area contributed by atoms with Gasteiger partial charge in [-0.05, 0) is 24.3 Å². The number of hydrogen-bond acceptors (Lipinski definition) is 3. The van der Waals surface area contributed by atoms with Crippen molar-refractivity contribution in [2.45, 2.75) is 38.0 Å². The number of H-pyrrole nitrogens is 1. The number of rotatable bonds is 5. The fourth-order valence-electron chi connectivity index (χ4n) is 3.00. The molecule has 1 heterocycles. The minimum atomic E-state index is -4.63. The zero-order valence-electron chi connectivity index (χ0n) is 13.3. The van der Waals surface area contributed by atoms with E-state index in [-0.39, 0.29) is 16.4 Å². The van der Waals surface area contributed by atoms with E-state index in [0.717, 1.165) is 30.9 Å². The lowest BCUT2D eigenvalue weighted by Gasteiger charge is -2.35. The summed E-state index contributed by atoms with van der Waals surface area (Å²) in [4.78, 5) is 26.1. The second kappa shape index (κ2) is 6.78. The number of alkyl halides is 3. The molecule has 1 saturated carbocycles. The van der Waals surface area contributed by atoms with Crippen LogP contribution in [-0.2, 0) is 6.54 Å². The van der Waals surface area contributed by atoms with Crippen molar-refractivity contribution in [1.82, 2.24) is 9.55 Å². The molecule has 0 aliphatic heterocycles. The molecular weight excluding hydrogens is 335 g/mol. The Morgan fingerprint density at radius 1 is 1.20 bits per heavy atom. The number of aromatic nitrogens is 2. The summed E-state index contributed by atoms with van der Waals surface area (Å²) >= 11 is 0. The summed E-state index contributed by atoms with van der Waals surface area (Å²) in [6.07, 6.45) is -1.49. The molecule has 25 heavy (non-hydrogen) atoms. The van der Waals surface area contributed by atoms with Gasteiger partial charge in [-0.15, -0.1) is 0 Å². The Hall–Kier alpha value is -2.51. The molecule has 1 atom stereocenters. The van der Waals surface area contributed by atoms with Gasteiger partial charge in [0, 0.05) is 6.07 Å². The van der Waals surface area contributed by atoms with E-state index in [1.54, 1.807) is 0 Å². The number of aromatic amines is 1. The number of halogens is 3. The van der Waals surface area contributed by atoms with Crippen molar-refractivity contribution in [2.24, 2.45) is 5.92 Å². The van der Waals surface area contributed by atoms with Gasteiger partial charge in [0.05, 0.1) is 6.04 Å². The standard InChI is InChI=1S/C17H18F3N3O2/c18-17(19,20)10-23-14(24)9-13(22-16(23)25)21-15(12-7-4-8-12)11-5-2-1-3-6-11/h1-3,5-6,9,12,15,21H,4,7-8,10H2,(H,22,25)/t15-/m1/s1. The summed E-state index contributed by atoms with van der Waals surface area (Å²) in [6, 6.07) is 10.5. The zero-order valence-corrected chi connectivity index (χ0v) is 13.3. The molecule has 0 bridgehead atoms. The first-order valence-electron chi connectivity index (χ1n) is 8.06. The highest BCUT2D eigenvalue weighted by molar-refractivity contribution is 5.38. The van der Waals surface area contributed by atoms with Crippen molar-refractivity contribution < 1.29 is 13.2 Å². The maximum atomic E-state index is 12.5. The summed E-state index contributed by atoms with van der Waals surface area (Å²) in [5, 5.41) is 3.12. The average molecular weight is 353 g/mol. The Morgan fingerprint density at radius 3 is 2.40 bits per heavy atom. The summed E-state index contributed by atoms with van der Waals surface area (Å²) in [5.74, 6) is 0.484. The molecular formula is C17H18F3N3O2. The zero-order chi connectivity index (χ0) is 18.0. The van der Waals surface area contributed by atoms with E-state index in [2.05, 4.69) is 10.3 Å². The van der Waals surface area contributed by atoms with Gasteiger partial charge in [0.1, 0.15) is 12.4 Å². The molecule has 1 aromatic carbocycles. The second-order valence-corrected chi connectivity index (χ2v) is 6.25. The van der Waals surface area contributed by atoms with Gasteiger partial charge >= 0.3 is 11.9 Å². The van der Waals surface area contributed by atoms with E-state index in [4.69, 9.17) is 0 Å². The Labute approximate surface area is 141 Å². The van der Waals surface area contributed by atoms with Crippen LogP contribution in [0.1, 0.15) is 30.9 Å². The quantitative estimate of drug-likeness (QED) is 0.868. The molecule has 134 valence electrons. The van der Waals surface area contributed by atoms with E-state index in [1.165, 1.54) is 0 Å². The minimum Gasteiger partial charge on any atom is -0.364 e. The van der Waals surface area contributed by atoms with Crippen LogP contribution in [-0.4, -0.2) is 15.7 Å². The van der Waals surface area contributed by atoms with Crippen LogP contribution in [0.25, 0.3) is 0 Å². The Balaban J connectivity index is 1.88. The van der Waals surface area contributed by atoms with E-state index in [0.29, 0.717) is 5.92 Å². The lowest BCUT2D eigenvalue weighted by atomic mass is 9.77. The highest BCUT2D eigenvalue weighted by atomic mass is 19.4. The van der Waals surface area contributed by atoms with Crippen LogP contribution in [0.4, 0.5) is 19.0 Å². The molecule has 2 aromatic rings. The number of benzene rings is 1. The van der Waals surface area contributed by atoms with Gasteiger partial charge in [-0.3, -0.25) is 14.3 Å². The molecule has 2 N–H and O–H groups in total. The molecule has 3 rings (SSSR count). The summed E-state index contributed by atoms with van der Waals surface area (Å²) in [6.45, 7) is -1.60. The lowest BCUT2D eigenvalue weighted by molar-refractivity contribution is -0.141.